The Hall–Kier alpha value is -1.39. The molecular weight excluding hydrogens is 180 g/mol. The van der Waals surface area contributed by atoms with Crippen LogP contribution in [0.1, 0.15) is 30.9 Å². The lowest BCUT2D eigenvalue weighted by Gasteiger charge is -2.18. The number of H-pyrrole nitrogens is 1. The minimum absolute atomic E-state index is 0.0724. The summed E-state index contributed by atoms with van der Waals surface area (Å²) in [5, 5.41) is 6.33. The lowest BCUT2D eigenvalue weighted by Crippen LogP contribution is -2.31. The van der Waals surface area contributed by atoms with Crippen molar-refractivity contribution in [2.24, 2.45) is 5.41 Å². The van der Waals surface area contributed by atoms with Crippen LogP contribution in [-0.4, -0.2) is 39.1 Å². The molecule has 1 aliphatic rings. The van der Waals surface area contributed by atoms with Crippen molar-refractivity contribution in [3.05, 3.63) is 12.2 Å². The van der Waals surface area contributed by atoms with Crippen LogP contribution in [0.25, 0.3) is 0 Å². The van der Waals surface area contributed by atoms with Gasteiger partial charge in [0, 0.05) is 13.1 Å². The first-order valence-corrected chi connectivity index (χ1v) is 4.73. The van der Waals surface area contributed by atoms with Gasteiger partial charge in [-0.2, -0.15) is 0 Å². The molecule has 1 aliphatic heterocycles. The maximum Gasteiger partial charge on any atom is 0.293 e. The second kappa shape index (κ2) is 3.08. The molecule has 1 saturated heterocycles. The fourth-order valence-electron chi connectivity index (χ4n) is 1.74. The van der Waals surface area contributed by atoms with Crippen molar-refractivity contribution in [1.29, 1.82) is 0 Å². The van der Waals surface area contributed by atoms with Gasteiger partial charge in [0.2, 0.25) is 5.82 Å². The number of aromatic nitrogens is 3. The highest BCUT2D eigenvalue weighted by Crippen LogP contribution is 2.29. The molecule has 0 bridgehead atoms. The smallest absolute Gasteiger partial charge is 0.293 e. The third-order valence-electron chi connectivity index (χ3n) is 2.57. The lowest BCUT2D eigenvalue weighted by molar-refractivity contribution is 0.0766. The van der Waals surface area contributed by atoms with Gasteiger partial charge in [0.1, 0.15) is 6.33 Å². The van der Waals surface area contributed by atoms with Crippen molar-refractivity contribution in [3.63, 3.8) is 0 Å². The zero-order valence-electron chi connectivity index (χ0n) is 8.45. The van der Waals surface area contributed by atoms with E-state index in [2.05, 4.69) is 29.0 Å². The van der Waals surface area contributed by atoms with Gasteiger partial charge in [0.15, 0.2) is 0 Å². The number of carbonyl (C=O) groups is 1. The standard InChI is InChI=1S/C9H14N4O/c1-9(2)3-4-13(5-9)8(14)7-10-6-11-12-7/h6H,3-5H2,1-2H3,(H,10,11,12). The molecule has 0 atom stereocenters. The van der Waals surface area contributed by atoms with Crippen molar-refractivity contribution in [1.82, 2.24) is 20.1 Å². The Labute approximate surface area is 82.5 Å². The van der Waals surface area contributed by atoms with Gasteiger partial charge in [-0.15, -0.1) is 5.10 Å². The maximum atomic E-state index is 11.8. The molecule has 0 aliphatic carbocycles. The highest BCUT2D eigenvalue weighted by atomic mass is 16.2. The molecule has 1 aromatic rings. The Kier molecular flexibility index (Phi) is 2.02. The summed E-state index contributed by atoms with van der Waals surface area (Å²) in [7, 11) is 0. The van der Waals surface area contributed by atoms with E-state index in [0.29, 0.717) is 0 Å². The molecule has 14 heavy (non-hydrogen) atoms. The van der Waals surface area contributed by atoms with Gasteiger partial charge < -0.3 is 4.90 Å². The molecular formula is C9H14N4O. The minimum atomic E-state index is -0.0724. The summed E-state index contributed by atoms with van der Waals surface area (Å²) in [4.78, 5) is 17.4. The van der Waals surface area contributed by atoms with E-state index in [1.807, 2.05) is 4.90 Å². The van der Waals surface area contributed by atoms with Crippen LogP contribution in [-0.2, 0) is 0 Å². The van der Waals surface area contributed by atoms with E-state index in [9.17, 15) is 4.79 Å². The van der Waals surface area contributed by atoms with Gasteiger partial charge in [0.25, 0.3) is 5.91 Å². The van der Waals surface area contributed by atoms with Crippen LogP contribution in [0.15, 0.2) is 6.33 Å². The van der Waals surface area contributed by atoms with Gasteiger partial charge in [-0.1, -0.05) is 13.8 Å². The Morgan fingerprint density at radius 2 is 2.43 bits per heavy atom. The average Bonchev–Trinajstić information content (AvgIpc) is 2.72. The second-order valence-electron chi connectivity index (χ2n) is 4.46. The molecule has 0 spiro atoms. The highest BCUT2D eigenvalue weighted by molar-refractivity contribution is 5.90. The fourth-order valence-corrected chi connectivity index (χ4v) is 1.74. The topological polar surface area (TPSA) is 61.9 Å². The first kappa shape index (κ1) is 9.18. The molecule has 1 aromatic heterocycles. The normalized spacial score (nSPS) is 20.0. The molecule has 2 heterocycles. The third-order valence-corrected chi connectivity index (χ3v) is 2.57. The third kappa shape index (κ3) is 1.62. The first-order valence-electron chi connectivity index (χ1n) is 4.73. The summed E-state index contributed by atoms with van der Waals surface area (Å²) in [6.07, 6.45) is 2.47. The van der Waals surface area contributed by atoms with Crippen LogP contribution in [0.3, 0.4) is 0 Å². The van der Waals surface area contributed by atoms with E-state index in [0.717, 1.165) is 19.5 Å². The second-order valence-corrected chi connectivity index (χ2v) is 4.46. The number of hydrogen-bond acceptors (Lipinski definition) is 3. The summed E-state index contributed by atoms with van der Waals surface area (Å²) in [5.41, 5.74) is 0.228. The quantitative estimate of drug-likeness (QED) is 0.715. The van der Waals surface area contributed by atoms with Crippen LogP contribution in [0.4, 0.5) is 0 Å². The molecule has 0 radical (unpaired) electrons. The van der Waals surface area contributed by atoms with Crippen LogP contribution < -0.4 is 0 Å². The molecule has 0 aromatic carbocycles. The molecule has 1 N–H and O–H groups in total. The molecule has 1 amide bonds. The van der Waals surface area contributed by atoms with Gasteiger partial charge >= 0.3 is 0 Å². The summed E-state index contributed by atoms with van der Waals surface area (Å²) < 4.78 is 0. The molecule has 76 valence electrons. The molecule has 0 unspecified atom stereocenters. The van der Waals surface area contributed by atoms with Crippen molar-refractivity contribution >= 4 is 5.91 Å². The number of aromatic amines is 1. The van der Waals surface area contributed by atoms with E-state index >= 15 is 0 Å². The SMILES string of the molecule is CC1(C)CCN(C(=O)c2nc[nH]n2)C1. The number of hydrogen-bond donors (Lipinski definition) is 1. The van der Waals surface area contributed by atoms with Crippen molar-refractivity contribution in [2.45, 2.75) is 20.3 Å². The van der Waals surface area contributed by atoms with Gasteiger partial charge in [-0.05, 0) is 11.8 Å². The molecule has 0 saturated carbocycles. The predicted octanol–water partition coefficient (Wildman–Crippen LogP) is 0.677. The van der Waals surface area contributed by atoms with Crippen LogP contribution in [0.5, 0.6) is 0 Å². The minimum Gasteiger partial charge on any atom is -0.335 e. The lowest BCUT2D eigenvalue weighted by atomic mass is 9.93. The van der Waals surface area contributed by atoms with Crippen LogP contribution >= 0.6 is 0 Å². The number of rotatable bonds is 1. The number of likely N-dealkylation sites (tertiary alicyclic amines) is 1. The van der Waals surface area contributed by atoms with Gasteiger partial charge in [-0.3, -0.25) is 9.89 Å². The Bertz CT molecular complexity index is 331. The predicted molar refractivity (Wildman–Crippen MR) is 50.7 cm³/mol. The average molecular weight is 194 g/mol. The zero-order valence-corrected chi connectivity index (χ0v) is 8.45. The van der Waals surface area contributed by atoms with E-state index in [-0.39, 0.29) is 17.1 Å². The van der Waals surface area contributed by atoms with E-state index in [4.69, 9.17) is 0 Å². The highest BCUT2D eigenvalue weighted by Gasteiger charge is 2.33. The summed E-state index contributed by atoms with van der Waals surface area (Å²) in [5.74, 6) is 0.194. The Morgan fingerprint density at radius 1 is 1.64 bits per heavy atom. The largest absolute Gasteiger partial charge is 0.335 e. The number of carbonyl (C=O) groups excluding carboxylic acids is 1. The number of amides is 1. The fraction of sp³-hybridized carbons (Fsp3) is 0.667. The summed E-state index contributed by atoms with van der Waals surface area (Å²) >= 11 is 0. The molecule has 1 fully saturated rings. The Balaban J connectivity index is 2.08. The van der Waals surface area contributed by atoms with Crippen molar-refractivity contribution < 1.29 is 4.79 Å². The van der Waals surface area contributed by atoms with Gasteiger partial charge in [0.05, 0.1) is 0 Å². The summed E-state index contributed by atoms with van der Waals surface area (Å²) in [6, 6.07) is 0. The maximum absolute atomic E-state index is 11.8. The van der Waals surface area contributed by atoms with Crippen molar-refractivity contribution in [3.8, 4) is 0 Å². The Morgan fingerprint density at radius 3 is 2.93 bits per heavy atom. The van der Waals surface area contributed by atoms with E-state index in [1.54, 1.807) is 0 Å². The molecule has 5 heteroatoms. The molecule has 2 rings (SSSR count). The number of nitrogens with zero attached hydrogens (tertiary/aromatic N) is 3. The van der Waals surface area contributed by atoms with Gasteiger partial charge in [-0.25, -0.2) is 4.98 Å². The van der Waals surface area contributed by atoms with Crippen molar-refractivity contribution in [2.75, 3.05) is 13.1 Å². The monoisotopic (exact) mass is 194 g/mol. The van der Waals surface area contributed by atoms with E-state index in [1.165, 1.54) is 6.33 Å². The molecule has 5 nitrogen and oxygen atoms in total. The summed E-state index contributed by atoms with van der Waals surface area (Å²) in [6.45, 7) is 5.93. The number of nitrogens with one attached hydrogen (secondary N) is 1. The van der Waals surface area contributed by atoms with E-state index < -0.39 is 0 Å². The first-order chi connectivity index (χ1) is 6.58. The zero-order chi connectivity index (χ0) is 10.2. The van der Waals surface area contributed by atoms with Crippen LogP contribution in [0, 0.1) is 5.41 Å². The van der Waals surface area contributed by atoms with Crippen LogP contribution in [0.2, 0.25) is 0 Å².